The van der Waals surface area contributed by atoms with E-state index < -0.39 is 28.8 Å². The number of aliphatic hydroxyl groups is 1. The normalized spacial score (nSPS) is 47.1. The van der Waals surface area contributed by atoms with Crippen molar-refractivity contribution in [1.29, 1.82) is 0 Å². The van der Waals surface area contributed by atoms with E-state index in [0.717, 1.165) is 5.56 Å². The van der Waals surface area contributed by atoms with Gasteiger partial charge in [-0.3, -0.25) is 14.4 Å². The average Bonchev–Trinajstić information content (AvgIpc) is 3.00. The van der Waals surface area contributed by atoms with E-state index in [1.165, 1.54) is 0 Å². The van der Waals surface area contributed by atoms with Crippen LogP contribution in [0.25, 0.3) is 0 Å². The Balaban J connectivity index is 1.24. The van der Waals surface area contributed by atoms with Gasteiger partial charge in [-0.15, -0.1) is 0 Å². The van der Waals surface area contributed by atoms with Gasteiger partial charge >= 0.3 is 5.97 Å². The Labute approximate surface area is 191 Å². The summed E-state index contributed by atoms with van der Waals surface area (Å²) in [7, 11) is 0. The molecule has 5 fully saturated rings. The fourth-order valence-corrected chi connectivity index (χ4v) is 7.84. The highest BCUT2D eigenvalue weighted by atomic mass is 16.6. The van der Waals surface area contributed by atoms with Crippen LogP contribution in [0.1, 0.15) is 71.0 Å². The number of aliphatic hydroxyl groups excluding tert-OH is 1. The number of hydrogen-bond donors (Lipinski definition) is 1. The van der Waals surface area contributed by atoms with E-state index >= 15 is 0 Å². The number of furan rings is 1. The molecule has 0 bridgehead atoms. The first-order valence-electron chi connectivity index (χ1n) is 11.8. The number of rotatable bonds is 5. The third-order valence-electron chi connectivity index (χ3n) is 9.46. The van der Waals surface area contributed by atoms with Gasteiger partial charge in [0, 0.05) is 47.5 Å². The van der Waals surface area contributed by atoms with E-state index in [1.54, 1.807) is 12.5 Å². The summed E-state index contributed by atoms with van der Waals surface area (Å²) in [6.45, 7) is 5.68. The molecule has 0 amide bonds. The number of ether oxygens (including phenoxy) is 3. The van der Waals surface area contributed by atoms with Gasteiger partial charge in [0.1, 0.15) is 23.3 Å². The second-order valence-corrected chi connectivity index (χ2v) is 11.4. The maximum absolute atomic E-state index is 13.4. The molecule has 1 N–H and O–H groups in total. The lowest BCUT2D eigenvalue weighted by Crippen LogP contribution is -2.45. The van der Waals surface area contributed by atoms with Crippen molar-refractivity contribution in [2.75, 3.05) is 0 Å². The predicted octanol–water partition coefficient (Wildman–Crippen LogP) is 2.87. The number of fused-ring (bicyclic) bond motifs is 1. The van der Waals surface area contributed by atoms with Gasteiger partial charge in [-0.2, -0.15) is 0 Å². The lowest BCUT2D eigenvalue weighted by atomic mass is 9.67. The second-order valence-electron chi connectivity index (χ2n) is 11.4. The Morgan fingerprint density at radius 1 is 1.21 bits per heavy atom. The van der Waals surface area contributed by atoms with Crippen molar-refractivity contribution >= 4 is 17.5 Å². The van der Waals surface area contributed by atoms with Crippen molar-refractivity contribution in [1.82, 2.24) is 0 Å². The fraction of sp³-hybridized carbons (Fsp3) is 0.720. The second kappa shape index (κ2) is 6.55. The van der Waals surface area contributed by atoms with Crippen LogP contribution in [0.3, 0.4) is 0 Å². The van der Waals surface area contributed by atoms with Crippen LogP contribution < -0.4 is 0 Å². The Hall–Kier alpha value is -2.03. The largest absolute Gasteiger partial charge is 0.472 e. The molecule has 4 heterocycles. The van der Waals surface area contributed by atoms with Gasteiger partial charge in [0.2, 0.25) is 0 Å². The minimum atomic E-state index is -1.09. The van der Waals surface area contributed by atoms with E-state index in [0.29, 0.717) is 19.3 Å². The van der Waals surface area contributed by atoms with Gasteiger partial charge in [0.25, 0.3) is 0 Å². The number of carbonyl (C=O) groups excluding carboxylic acids is 3. The summed E-state index contributed by atoms with van der Waals surface area (Å²) in [6.07, 6.45) is 3.48. The Kier molecular flexibility index (Phi) is 4.27. The van der Waals surface area contributed by atoms with E-state index in [2.05, 4.69) is 0 Å². The molecule has 0 unspecified atom stereocenters. The molecule has 178 valence electrons. The predicted molar refractivity (Wildman–Crippen MR) is 112 cm³/mol. The van der Waals surface area contributed by atoms with Crippen molar-refractivity contribution in [3.05, 3.63) is 24.2 Å². The standard InChI is InChI=1S/C25H30O8/c1-22(2)17(23(3)18(32-22)10-19(28)33-23)9-14(26)8-15-16(27)4-6-24-12-25(15,24)21(29)31-20(24)13-5-7-30-11-13/h5,7,11,15,17-18,20-21,29H,4,6,8-10,12H2,1-3H3/t15-,17+,18+,20+,21-,23-,24-,25-/m1/s1. The fourth-order valence-electron chi connectivity index (χ4n) is 7.84. The summed E-state index contributed by atoms with van der Waals surface area (Å²) in [5, 5.41) is 11.0. The molecule has 8 atom stereocenters. The van der Waals surface area contributed by atoms with Crippen LogP contribution in [0.4, 0.5) is 0 Å². The number of esters is 1. The van der Waals surface area contributed by atoms with E-state index in [-0.39, 0.29) is 60.3 Å². The van der Waals surface area contributed by atoms with Crippen molar-refractivity contribution in [3.8, 4) is 0 Å². The zero-order valence-corrected chi connectivity index (χ0v) is 19.2. The van der Waals surface area contributed by atoms with Crippen LogP contribution in [0.2, 0.25) is 0 Å². The van der Waals surface area contributed by atoms with Gasteiger partial charge < -0.3 is 23.7 Å². The molecule has 33 heavy (non-hydrogen) atoms. The van der Waals surface area contributed by atoms with Gasteiger partial charge in [-0.25, -0.2) is 0 Å². The minimum Gasteiger partial charge on any atom is -0.472 e. The van der Waals surface area contributed by atoms with Crippen LogP contribution >= 0.6 is 0 Å². The summed E-state index contributed by atoms with van der Waals surface area (Å²) >= 11 is 0. The molecule has 6 rings (SSSR count). The topological polar surface area (TPSA) is 112 Å². The number of Topliss-reactive ketones (excluding diaryl/α,β-unsaturated/α-hetero) is 2. The smallest absolute Gasteiger partial charge is 0.309 e. The quantitative estimate of drug-likeness (QED) is 0.671. The van der Waals surface area contributed by atoms with Crippen molar-refractivity contribution in [3.63, 3.8) is 0 Å². The van der Waals surface area contributed by atoms with Crippen LogP contribution in [0.5, 0.6) is 0 Å². The molecule has 2 aliphatic carbocycles. The Morgan fingerprint density at radius 3 is 2.73 bits per heavy atom. The van der Waals surface area contributed by atoms with Crippen LogP contribution in [0.15, 0.2) is 23.0 Å². The zero-order valence-electron chi connectivity index (χ0n) is 19.2. The molecule has 8 heteroatoms. The number of carbonyl (C=O) groups is 3. The molecule has 0 spiro atoms. The van der Waals surface area contributed by atoms with Gasteiger partial charge in [-0.05, 0) is 39.7 Å². The third-order valence-corrected chi connectivity index (χ3v) is 9.46. The van der Waals surface area contributed by atoms with Gasteiger partial charge in [-0.1, -0.05) is 0 Å². The average molecular weight is 459 g/mol. The molecule has 5 aliphatic rings. The first kappa shape index (κ1) is 21.5. The van der Waals surface area contributed by atoms with Crippen LogP contribution in [-0.2, 0) is 28.6 Å². The van der Waals surface area contributed by atoms with Crippen molar-refractivity contribution in [2.45, 2.75) is 89.0 Å². The minimum absolute atomic E-state index is 0.0188. The molecule has 1 aromatic heterocycles. The van der Waals surface area contributed by atoms with E-state index in [9.17, 15) is 19.5 Å². The maximum Gasteiger partial charge on any atom is 0.309 e. The summed E-state index contributed by atoms with van der Waals surface area (Å²) < 4.78 is 22.9. The molecule has 2 saturated carbocycles. The van der Waals surface area contributed by atoms with E-state index in [4.69, 9.17) is 18.6 Å². The monoisotopic (exact) mass is 458 g/mol. The molecule has 0 radical (unpaired) electrons. The summed E-state index contributed by atoms with van der Waals surface area (Å²) in [5.74, 6) is -1.25. The third kappa shape index (κ3) is 2.66. The van der Waals surface area contributed by atoms with E-state index in [1.807, 2.05) is 26.8 Å². The lowest BCUT2D eigenvalue weighted by molar-refractivity contribution is -0.157. The maximum atomic E-state index is 13.4. The molecular formula is C25H30O8. The highest BCUT2D eigenvalue weighted by molar-refractivity contribution is 5.90. The Bertz CT molecular complexity index is 1030. The zero-order chi connectivity index (χ0) is 23.4. The summed E-state index contributed by atoms with van der Waals surface area (Å²) in [6, 6.07) is 1.83. The highest BCUT2D eigenvalue weighted by Crippen LogP contribution is 2.83. The first-order valence-corrected chi connectivity index (χ1v) is 11.8. The number of ketones is 2. The summed E-state index contributed by atoms with van der Waals surface area (Å²) in [4.78, 5) is 38.4. The number of hydrogen-bond acceptors (Lipinski definition) is 8. The molecule has 0 aromatic carbocycles. The SMILES string of the molecule is CC1(C)O[C@H]2CC(=O)O[C@]2(C)[C@H]1CC(=O)C[C@@H]1C(=O)CC[C@]23C[C@]12[C@H](O)O[C@H]3c1ccoc1. The molecule has 3 saturated heterocycles. The van der Waals surface area contributed by atoms with Gasteiger partial charge in [0.15, 0.2) is 6.29 Å². The Morgan fingerprint density at radius 2 is 2.00 bits per heavy atom. The van der Waals surface area contributed by atoms with Crippen molar-refractivity contribution in [2.24, 2.45) is 22.7 Å². The van der Waals surface area contributed by atoms with Crippen LogP contribution in [-0.4, -0.2) is 46.2 Å². The highest BCUT2D eigenvalue weighted by Gasteiger charge is 2.84. The molecular weight excluding hydrogens is 428 g/mol. The van der Waals surface area contributed by atoms with Crippen molar-refractivity contribution < 1.29 is 38.1 Å². The first-order chi connectivity index (χ1) is 15.5. The summed E-state index contributed by atoms with van der Waals surface area (Å²) in [5.41, 5.74) is -1.69. The molecule has 1 aromatic rings. The van der Waals surface area contributed by atoms with Crippen LogP contribution in [0, 0.1) is 22.7 Å². The molecule has 3 aliphatic heterocycles. The van der Waals surface area contributed by atoms with Gasteiger partial charge in [0.05, 0.1) is 30.7 Å². The molecule has 8 nitrogen and oxygen atoms in total. The lowest BCUT2D eigenvalue weighted by Gasteiger charge is -2.35.